The molecule has 7 heteroatoms. The number of rotatable bonds is 12. The third-order valence-electron chi connectivity index (χ3n) is 5.65. The molecule has 1 aromatic carbocycles. The standard InChI is InChI=1S/C22H37N3O3S/c1-3-28-16-14-22(12-7-8-13-22)19-25-21(23-2)24-15-9-17-29(26,27)18-20-10-5-4-6-11-20/h4-6,10-11H,3,7-9,12-19H2,1-2H3,(H2,23,24,25). The summed E-state index contributed by atoms with van der Waals surface area (Å²) in [5.41, 5.74) is 1.12. The summed E-state index contributed by atoms with van der Waals surface area (Å²) in [5.74, 6) is 1.01. The van der Waals surface area contributed by atoms with Gasteiger partial charge in [-0.1, -0.05) is 43.2 Å². The summed E-state index contributed by atoms with van der Waals surface area (Å²) in [6, 6.07) is 9.34. The van der Waals surface area contributed by atoms with Gasteiger partial charge in [0.15, 0.2) is 15.8 Å². The number of nitrogens with one attached hydrogen (secondary N) is 2. The summed E-state index contributed by atoms with van der Waals surface area (Å²) in [6.45, 7) is 5.07. The van der Waals surface area contributed by atoms with Crippen LogP contribution < -0.4 is 10.6 Å². The number of benzene rings is 1. The van der Waals surface area contributed by atoms with Crippen LogP contribution in [0.15, 0.2) is 35.3 Å². The summed E-state index contributed by atoms with van der Waals surface area (Å²) < 4.78 is 30.2. The van der Waals surface area contributed by atoms with Gasteiger partial charge < -0.3 is 15.4 Å². The fourth-order valence-electron chi connectivity index (χ4n) is 3.96. The number of guanidine groups is 1. The quantitative estimate of drug-likeness (QED) is 0.307. The lowest BCUT2D eigenvalue weighted by Crippen LogP contribution is -2.43. The Bertz CT molecular complexity index is 714. The van der Waals surface area contributed by atoms with E-state index in [-0.39, 0.29) is 16.9 Å². The zero-order valence-electron chi connectivity index (χ0n) is 18.0. The molecule has 2 rings (SSSR count). The first-order valence-corrected chi connectivity index (χ1v) is 12.6. The first-order chi connectivity index (χ1) is 14.0. The van der Waals surface area contributed by atoms with E-state index in [0.29, 0.717) is 13.0 Å². The zero-order valence-corrected chi connectivity index (χ0v) is 18.8. The van der Waals surface area contributed by atoms with Gasteiger partial charge >= 0.3 is 0 Å². The SMILES string of the molecule is CCOCCC1(CNC(=NC)NCCCS(=O)(=O)Cc2ccccc2)CCCC1. The van der Waals surface area contributed by atoms with Crippen molar-refractivity contribution in [3.63, 3.8) is 0 Å². The lowest BCUT2D eigenvalue weighted by Gasteiger charge is -2.30. The van der Waals surface area contributed by atoms with Crippen LogP contribution in [0.25, 0.3) is 0 Å². The van der Waals surface area contributed by atoms with Crippen molar-refractivity contribution in [1.29, 1.82) is 0 Å². The molecule has 2 N–H and O–H groups in total. The van der Waals surface area contributed by atoms with E-state index in [1.807, 2.05) is 37.3 Å². The Balaban J connectivity index is 1.71. The van der Waals surface area contributed by atoms with Gasteiger partial charge in [0.1, 0.15) is 0 Å². The van der Waals surface area contributed by atoms with E-state index in [4.69, 9.17) is 4.74 Å². The number of sulfone groups is 1. The topological polar surface area (TPSA) is 79.8 Å². The van der Waals surface area contributed by atoms with Crippen molar-refractivity contribution in [3.8, 4) is 0 Å². The third-order valence-corrected chi connectivity index (χ3v) is 7.34. The smallest absolute Gasteiger partial charge is 0.190 e. The number of hydrogen-bond acceptors (Lipinski definition) is 4. The Morgan fingerprint density at radius 2 is 1.90 bits per heavy atom. The molecule has 1 fully saturated rings. The van der Waals surface area contributed by atoms with Crippen LogP contribution in [0.5, 0.6) is 0 Å². The highest BCUT2D eigenvalue weighted by Gasteiger charge is 2.33. The summed E-state index contributed by atoms with van der Waals surface area (Å²) in [4.78, 5) is 4.29. The highest BCUT2D eigenvalue weighted by molar-refractivity contribution is 7.90. The van der Waals surface area contributed by atoms with Crippen LogP contribution in [0.2, 0.25) is 0 Å². The molecule has 6 nitrogen and oxygen atoms in total. The zero-order chi connectivity index (χ0) is 21.0. The van der Waals surface area contributed by atoms with Gasteiger partial charge in [0.05, 0.1) is 11.5 Å². The van der Waals surface area contributed by atoms with Crippen LogP contribution in [0.4, 0.5) is 0 Å². The van der Waals surface area contributed by atoms with Gasteiger partial charge in [-0.15, -0.1) is 0 Å². The van der Waals surface area contributed by atoms with Crippen LogP contribution in [0.3, 0.4) is 0 Å². The number of ether oxygens (including phenoxy) is 1. The average molecular weight is 424 g/mol. The lowest BCUT2D eigenvalue weighted by molar-refractivity contribution is 0.105. The first kappa shape index (κ1) is 23.7. The molecule has 0 aliphatic heterocycles. The minimum absolute atomic E-state index is 0.100. The van der Waals surface area contributed by atoms with Gasteiger partial charge in [0.2, 0.25) is 0 Å². The van der Waals surface area contributed by atoms with Crippen molar-refractivity contribution >= 4 is 15.8 Å². The highest BCUT2D eigenvalue weighted by atomic mass is 32.2. The maximum atomic E-state index is 12.3. The minimum Gasteiger partial charge on any atom is -0.382 e. The van der Waals surface area contributed by atoms with Crippen LogP contribution in [0, 0.1) is 5.41 Å². The maximum absolute atomic E-state index is 12.3. The first-order valence-electron chi connectivity index (χ1n) is 10.8. The van der Waals surface area contributed by atoms with Crippen molar-refractivity contribution in [2.24, 2.45) is 10.4 Å². The summed E-state index contributed by atoms with van der Waals surface area (Å²) in [6.07, 6.45) is 6.63. The molecule has 1 aromatic rings. The molecule has 1 aliphatic rings. The average Bonchev–Trinajstić information content (AvgIpc) is 3.17. The number of hydrogen-bond donors (Lipinski definition) is 2. The Morgan fingerprint density at radius 1 is 1.17 bits per heavy atom. The van der Waals surface area contributed by atoms with Crippen LogP contribution >= 0.6 is 0 Å². The molecule has 0 heterocycles. The summed E-state index contributed by atoms with van der Waals surface area (Å²) in [5, 5.41) is 6.71. The second kappa shape index (κ2) is 12.2. The third kappa shape index (κ3) is 8.74. The minimum atomic E-state index is -3.10. The Kier molecular flexibility index (Phi) is 9.94. The number of nitrogens with zero attached hydrogens (tertiary/aromatic N) is 1. The van der Waals surface area contributed by atoms with E-state index in [1.54, 1.807) is 7.05 Å². The van der Waals surface area contributed by atoms with Gasteiger partial charge in [-0.25, -0.2) is 8.42 Å². The van der Waals surface area contributed by atoms with Crippen LogP contribution in [0.1, 0.15) is 51.0 Å². The van der Waals surface area contributed by atoms with E-state index in [0.717, 1.165) is 37.7 Å². The largest absolute Gasteiger partial charge is 0.382 e. The summed E-state index contributed by atoms with van der Waals surface area (Å²) in [7, 11) is -1.35. The summed E-state index contributed by atoms with van der Waals surface area (Å²) >= 11 is 0. The molecule has 0 aromatic heterocycles. The molecule has 0 spiro atoms. The van der Waals surface area contributed by atoms with Crippen LogP contribution in [-0.2, 0) is 20.3 Å². The molecule has 0 saturated heterocycles. The van der Waals surface area contributed by atoms with Crippen molar-refractivity contribution in [2.45, 2.75) is 51.2 Å². The van der Waals surface area contributed by atoms with E-state index < -0.39 is 9.84 Å². The van der Waals surface area contributed by atoms with Gasteiger partial charge in [-0.2, -0.15) is 0 Å². The molecule has 29 heavy (non-hydrogen) atoms. The molecule has 0 amide bonds. The van der Waals surface area contributed by atoms with Crippen molar-refractivity contribution in [2.75, 3.05) is 39.1 Å². The molecule has 164 valence electrons. The predicted octanol–water partition coefficient (Wildman–Crippen LogP) is 3.14. The van der Waals surface area contributed by atoms with Crippen molar-refractivity contribution in [3.05, 3.63) is 35.9 Å². The molecule has 0 bridgehead atoms. The van der Waals surface area contributed by atoms with E-state index in [2.05, 4.69) is 15.6 Å². The molecular weight excluding hydrogens is 386 g/mol. The van der Waals surface area contributed by atoms with E-state index in [1.165, 1.54) is 25.7 Å². The van der Waals surface area contributed by atoms with Gasteiger partial charge in [0.25, 0.3) is 0 Å². The number of aliphatic imine (C=N–C) groups is 1. The predicted molar refractivity (Wildman–Crippen MR) is 120 cm³/mol. The van der Waals surface area contributed by atoms with Crippen molar-refractivity contribution in [1.82, 2.24) is 10.6 Å². The molecular formula is C22H37N3O3S. The molecule has 0 radical (unpaired) electrons. The molecule has 0 atom stereocenters. The molecule has 1 saturated carbocycles. The molecule has 1 aliphatic carbocycles. The van der Waals surface area contributed by atoms with E-state index in [9.17, 15) is 8.42 Å². The Morgan fingerprint density at radius 3 is 2.55 bits per heavy atom. The second-order valence-electron chi connectivity index (χ2n) is 7.94. The lowest BCUT2D eigenvalue weighted by atomic mass is 9.83. The van der Waals surface area contributed by atoms with Crippen molar-refractivity contribution < 1.29 is 13.2 Å². The second-order valence-corrected chi connectivity index (χ2v) is 10.1. The maximum Gasteiger partial charge on any atom is 0.190 e. The van der Waals surface area contributed by atoms with Gasteiger partial charge in [-0.05, 0) is 43.6 Å². The molecule has 0 unspecified atom stereocenters. The highest BCUT2D eigenvalue weighted by Crippen LogP contribution is 2.40. The monoisotopic (exact) mass is 423 g/mol. The fourth-order valence-corrected chi connectivity index (χ4v) is 5.39. The Labute approximate surface area is 176 Å². The van der Waals surface area contributed by atoms with Gasteiger partial charge in [0, 0.05) is 33.4 Å². The van der Waals surface area contributed by atoms with Gasteiger partial charge in [-0.3, -0.25) is 4.99 Å². The normalized spacial score (nSPS) is 16.7. The fraction of sp³-hybridized carbons (Fsp3) is 0.682. The Hall–Kier alpha value is -1.60. The van der Waals surface area contributed by atoms with E-state index >= 15 is 0 Å². The van der Waals surface area contributed by atoms with Crippen LogP contribution in [-0.4, -0.2) is 53.5 Å².